The van der Waals surface area contributed by atoms with Crippen molar-refractivity contribution in [1.82, 2.24) is 5.32 Å². The fourth-order valence-corrected chi connectivity index (χ4v) is 2.65. The summed E-state index contributed by atoms with van der Waals surface area (Å²) in [5.74, 6) is 2.72. The van der Waals surface area contributed by atoms with Gasteiger partial charge in [0.15, 0.2) is 0 Å². The van der Waals surface area contributed by atoms with Gasteiger partial charge in [0.05, 0.1) is 0 Å². The smallest absolute Gasteiger partial charge is 0.00581 e. The van der Waals surface area contributed by atoms with Gasteiger partial charge >= 0.3 is 0 Å². The number of hydrogen-bond acceptors (Lipinski definition) is 2. The van der Waals surface area contributed by atoms with Crippen molar-refractivity contribution < 1.29 is 0 Å². The maximum atomic E-state index is 3.52. The molecule has 1 aliphatic heterocycles. The molecule has 0 bridgehead atoms. The van der Waals surface area contributed by atoms with Crippen molar-refractivity contribution >= 4 is 11.8 Å². The summed E-state index contributed by atoms with van der Waals surface area (Å²) in [6.45, 7) is 2.53. The van der Waals surface area contributed by atoms with Gasteiger partial charge in [-0.2, -0.15) is 11.8 Å². The molecule has 1 aliphatic carbocycles. The Labute approximate surface area is 67.0 Å². The standard InChI is InChI=1S/C8H15NS/c1-2-8(1)3-5-10-6-4-9-7-8/h9H,1-7H2. The fraction of sp³-hybridized carbons (Fsp3) is 1.00. The second kappa shape index (κ2) is 2.74. The third kappa shape index (κ3) is 1.48. The van der Waals surface area contributed by atoms with Crippen LogP contribution in [0.5, 0.6) is 0 Å². The summed E-state index contributed by atoms with van der Waals surface area (Å²) in [5, 5.41) is 3.52. The molecule has 0 aromatic rings. The lowest BCUT2D eigenvalue weighted by Crippen LogP contribution is -2.28. The lowest BCUT2D eigenvalue weighted by atomic mass is 10.0. The van der Waals surface area contributed by atoms with Crippen LogP contribution in [0, 0.1) is 5.41 Å². The van der Waals surface area contributed by atoms with Crippen LogP contribution in [0.15, 0.2) is 0 Å². The zero-order valence-corrected chi connectivity index (χ0v) is 7.17. The molecule has 0 amide bonds. The zero-order valence-electron chi connectivity index (χ0n) is 6.36. The van der Waals surface area contributed by atoms with Crippen molar-refractivity contribution in [3.8, 4) is 0 Å². The van der Waals surface area contributed by atoms with E-state index in [0.717, 1.165) is 5.41 Å². The first kappa shape index (κ1) is 6.99. The summed E-state index contributed by atoms with van der Waals surface area (Å²) < 4.78 is 0. The molecule has 0 atom stereocenters. The number of rotatable bonds is 0. The minimum atomic E-state index is 0.771. The molecule has 58 valence electrons. The van der Waals surface area contributed by atoms with E-state index in [0.29, 0.717) is 0 Å². The molecule has 0 radical (unpaired) electrons. The van der Waals surface area contributed by atoms with Gasteiger partial charge in [0, 0.05) is 18.8 Å². The Morgan fingerprint density at radius 2 is 2.00 bits per heavy atom. The highest BCUT2D eigenvalue weighted by atomic mass is 32.2. The van der Waals surface area contributed by atoms with E-state index in [4.69, 9.17) is 0 Å². The van der Waals surface area contributed by atoms with E-state index in [2.05, 4.69) is 17.1 Å². The van der Waals surface area contributed by atoms with Crippen LogP contribution in [0.1, 0.15) is 19.3 Å². The maximum Gasteiger partial charge on any atom is 0.00581 e. The van der Waals surface area contributed by atoms with Gasteiger partial charge in [-0.15, -0.1) is 0 Å². The highest BCUT2D eigenvalue weighted by molar-refractivity contribution is 7.99. The fourth-order valence-electron chi connectivity index (χ4n) is 1.58. The highest BCUT2D eigenvalue weighted by Gasteiger charge is 2.41. The molecule has 2 rings (SSSR count). The van der Waals surface area contributed by atoms with Gasteiger partial charge < -0.3 is 5.32 Å². The summed E-state index contributed by atoms with van der Waals surface area (Å²) in [4.78, 5) is 0. The molecule has 0 aromatic carbocycles. The second-order valence-electron chi connectivity index (χ2n) is 3.54. The van der Waals surface area contributed by atoms with E-state index in [-0.39, 0.29) is 0 Å². The van der Waals surface area contributed by atoms with E-state index >= 15 is 0 Å². The van der Waals surface area contributed by atoms with Gasteiger partial charge in [0.25, 0.3) is 0 Å². The number of hydrogen-bond donors (Lipinski definition) is 1. The Morgan fingerprint density at radius 1 is 1.10 bits per heavy atom. The summed E-state index contributed by atoms with van der Waals surface area (Å²) in [7, 11) is 0. The van der Waals surface area contributed by atoms with Crippen molar-refractivity contribution in [1.29, 1.82) is 0 Å². The topological polar surface area (TPSA) is 12.0 Å². The van der Waals surface area contributed by atoms with Crippen molar-refractivity contribution in [3.63, 3.8) is 0 Å². The molecule has 1 nitrogen and oxygen atoms in total. The minimum absolute atomic E-state index is 0.771. The summed E-state index contributed by atoms with van der Waals surface area (Å²) in [6, 6.07) is 0. The zero-order chi connectivity index (χ0) is 6.86. The molecule has 10 heavy (non-hydrogen) atoms. The average Bonchev–Trinajstić information content (AvgIpc) is 2.61. The van der Waals surface area contributed by atoms with Gasteiger partial charge in [-0.3, -0.25) is 0 Å². The highest BCUT2D eigenvalue weighted by Crippen LogP contribution is 2.49. The van der Waals surface area contributed by atoms with Crippen LogP contribution in [0.25, 0.3) is 0 Å². The third-order valence-electron chi connectivity index (χ3n) is 2.66. The van der Waals surface area contributed by atoms with Crippen molar-refractivity contribution in [3.05, 3.63) is 0 Å². The van der Waals surface area contributed by atoms with Crippen molar-refractivity contribution in [2.75, 3.05) is 24.6 Å². The number of nitrogens with one attached hydrogen (secondary N) is 1. The van der Waals surface area contributed by atoms with E-state index in [9.17, 15) is 0 Å². The van der Waals surface area contributed by atoms with Crippen LogP contribution in [0.2, 0.25) is 0 Å². The first-order valence-electron chi connectivity index (χ1n) is 4.20. The second-order valence-corrected chi connectivity index (χ2v) is 4.76. The van der Waals surface area contributed by atoms with Gasteiger partial charge in [0.1, 0.15) is 0 Å². The predicted molar refractivity (Wildman–Crippen MR) is 46.5 cm³/mol. The van der Waals surface area contributed by atoms with E-state index in [1.54, 1.807) is 0 Å². The average molecular weight is 157 g/mol. The molecule has 2 aliphatic rings. The Kier molecular flexibility index (Phi) is 1.92. The third-order valence-corrected chi connectivity index (χ3v) is 3.64. The first-order chi connectivity index (χ1) is 4.91. The van der Waals surface area contributed by atoms with Crippen LogP contribution in [-0.4, -0.2) is 24.6 Å². The van der Waals surface area contributed by atoms with Crippen LogP contribution in [0.3, 0.4) is 0 Å². The summed E-state index contributed by atoms with van der Waals surface area (Å²) in [5.41, 5.74) is 0.771. The maximum absolute atomic E-state index is 3.52. The molecule has 1 N–H and O–H groups in total. The quantitative estimate of drug-likeness (QED) is 0.572. The summed E-state index contributed by atoms with van der Waals surface area (Å²) >= 11 is 2.11. The minimum Gasteiger partial charge on any atom is -0.315 e. The Bertz CT molecular complexity index is 110. The van der Waals surface area contributed by atoms with E-state index in [1.807, 2.05) is 0 Å². The van der Waals surface area contributed by atoms with Gasteiger partial charge in [-0.25, -0.2) is 0 Å². The van der Waals surface area contributed by atoms with Crippen molar-refractivity contribution in [2.24, 2.45) is 5.41 Å². The van der Waals surface area contributed by atoms with Gasteiger partial charge in [-0.05, 0) is 30.4 Å². The Morgan fingerprint density at radius 3 is 2.80 bits per heavy atom. The lowest BCUT2D eigenvalue weighted by Gasteiger charge is -2.18. The largest absolute Gasteiger partial charge is 0.315 e. The molecular weight excluding hydrogens is 142 g/mol. The summed E-state index contributed by atoms with van der Waals surface area (Å²) in [6.07, 6.45) is 4.44. The molecule has 1 saturated heterocycles. The number of thioether (sulfide) groups is 1. The van der Waals surface area contributed by atoms with E-state index in [1.165, 1.54) is 43.9 Å². The molecule has 2 heteroatoms. The first-order valence-corrected chi connectivity index (χ1v) is 5.35. The molecule has 1 saturated carbocycles. The Hall–Kier alpha value is 0.310. The molecule has 2 fully saturated rings. The predicted octanol–water partition coefficient (Wildman–Crippen LogP) is 1.49. The Balaban J connectivity index is 1.84. The van der Waals surface area contributed by atoms with E-state index < -0.39 is 0 Å². The van der Waals surface area contributed by atoms with Crippen LogP contribution >= 0.6 is 11.8 Å². The monoisotopic (exact) mass is 157 g/mol. The van der Waals surface area contributed by atoms with Gasteiger partial charge in [0.2, 0.25) is 0 Å². The van der Waals surface area contributed by atoms with Crippen LogP contribution in [0.4, 0.5) is 0 Å². The normalized spacial score (nSPS) is 31.2. The molecule has 1 spiro atoms. The SMILES string of the molecule is C1CSCCC2(CC2)CN1. The van der Waals surface area contributed by atoms with Crippen molar-refractivity contribution in [2.45, 2.75) is 19.3 Å². The molecule has 1 heterocycles. The molecule has 0 aromatic heterocycles. The van der Waals surface area contributed by atoms with Crippen LogP contribution in [-0.2, 0) is 0 Å². The molecule has 0 unspecified atom stereocenters. The molecular formula is C8H15NS. The lowest BCUT2D eigenvalue weighted by molar-refractivity contribution is 0.451. The van der Waals surface area contributed by atoms with Crippen LogP contribution < -0.4 is 5.32 Å². The van der Waals surface area contributed by atoms with Gasteiger partial charge in [-0.1, -0.05) is 0 Å².